The zero-order valence-electron chi connectivity index (χ0n) is 9.86. The molecule has 0 amide bonds. The van der Waals surface area contributed by atoms with Crippen LogP contribution in [0.1, 0.15) is 36.5 Å². The summed E-state index contributed by atoms with van der Waals surface area (Å²) in [6, 6.07) is 3.46. The summed E-state index contributed by atoms with van der Waals surface area (Å²) in [6.07, 6.45) is 1.24. The lowest BCUT2D eigenvalue weighted by atomic mass is 10.1. The van der Waals surface area contributed by atoms with Gasteiger partial charge in [0.1, 0.15) is 18.1 Å². The van der Waals surface area contributed by atoms with Gasteiger partial charge in [0.25, 0.3) is 0 Å². The maximum Gasteiger partial charge on any atom is 0.172 e. The molecule has 1 aromatic heterocycles. The molecule has 0 aromatic carbocycles. The quantitative estimate of drug-likeness (QED) is 0.772. The molecule has 4 nitrogen and oxygen atoms in total. The Kier molecular flexibility index (Phi) is 4.01. The van der Waals surface area contributed by atoms with Crippen LogP contribution in [0.4, 0.5) is 0 Å². The van der Waals surface area contributed by atoms with E-state index in [-0.39, 0.29) is 12.3 Å². The van der Waals surface area contributed by atoms with E-state index in [0.29, 0.717) is 18.5 Å². The third kappa shape index (κ3) is 3.31. The molecule has 0 saturated heterocycles. The topological polar surface area (TPSA) is 59.4 Å². The molecule has 0 spiro atoms. The van der Waals surface area contributed by atoms with Gasteiger partial charge in [0.2, 0.25) is 0 Å². The van der Waals surface area contributed by atoms with Gasteiger partial charge >= 0.3 is 0 Å². The van der Waals surface area contributed by atoms with E-state index < -0.39 is 5.60 Å². The lowest BCUT2D eigenvalue weighted by Crippen LogP contribution is -2.31. The van der Waals surface area contributed by atoms with E-state index >= 15 is 0 Å². The van der Waals surface area contributed by atoms with Crippen LogP contribution < -0.4 is 4.74 Å². The van der Waals surface area contributed by atoms with Crippen molar-refractivity contribution in [1.82, 2.24) is 4.98 Å². The monoisotopic (exact) mass is 223 g/mol. The first-order valence-corrected chi connectivity index (χ1v) is 5.26. The van der Waals surface area contributed by atoms with Crippen LogP contribution in [0.3, 0.4) is 0 Å². The summed E-state index contributed by atoms with van der Waals surface area (Å²) in [5.74, 6) is 0.411. The van der Waals surface area contributed by atoms with Crippen LogP contribution in [0.5, 0.6) is 5.75 Å². The van der Waals surface area contributed by atoms with Crippen LogP contribution in [0, 0.1) is 6.92 Å². The van der Waals surface area contributed by atoms with E-state index in [1.165, 1.54) is 0 Å². The van der Waals surface area contributed by atoms with Gasteiger partial charge in [0.05, 0.1) is 5.60 Å². The van der Waals surface area contributed by atoms with E-state index in [2.05, 4.69) is 4.98 Å². The molecule has 1 heterocycles. The van der Waals surface area contributed by atoms with Crippen molar-refractivity contribution < 1.29 is 14.6 Å². The summed E-state index contributed by atoms with van der Waals surface area (Å²) in [4.78, 5) is 14.8. The van der Waals surface area contributed by atoms with Crippen molar-refractivity contribution >= 4 is 6.29 Å². The second-order valence-corrected chi connectivity index (χ2v) is 4.09. The second kappa shape index (κ2) is 5.07. The first kappa shape index (κ1) is 12.6. The molecule has 1 atom stereocenters. The lowest BCUT2D eigenvalue weighted by Gasteiger charge is -2.21. The van der Waals surface area contributed by atoms with Crippen molar-refractivity contribution in [2.75, 3.05) is 6.61 Å². The molecule has 4 heteroatoms. The molecule has 0 radical (unpaired) electrons. The number of nitrogens with zero attached hydrogens (tertiary/aromatic N) is 1. The number of aldehydes is 1. The molecular weight excluding hydrogens is 206 g/mol. The Balaban J connectivity index is 2.78. The number of aryl methyl sites for hydroxylation is 1. The van der Waals surface area contributed by atoms with E-state index in [1.807, 2.05) is 6.92 Å². The SMILES string of the molecule is CCC(C)(O)COc1ccc(C)nc1C=O. The summed E-state index contributed by atoms with van der Waals surface area (Å²) in [5.41, 5.74) is 0.147. The van der Waals surface area contributed by atoms with E-state index in [9.17, 15) is 9.90 Å². The molecule has 1 rings (SSSR count). The lowest BCUT2D eigenvalue weighted by molar-refractivity contribution is 0.00813. The molecule has 88 valence electrons. The van der Waals surface area contributed by atoms with E-state index in [1.54, 1.807) is 26.0 Å². The van der Waals surface area contributed by atoms with Crippen molar-refractivity contribution in [2.45, 2.75) is 32.8 Å². The zero-order chi connectivity index (χ0) is 12.2. The predicted octanol–water partition coefficient (Wildman–Crippen LogP) is 1.74. The Hall–Kier alpha value is -1.42. The highest BCUT2D eigenvalue weighted by molar-refractivity contribution is 5.76. The number of aliphatic hydroxyl groups is 1. The first-order valence-electron chi connectivity index (χ1n) is 5.26. The number of rotatable bonds is 5. The number of aromatic nitrogens is 1. The highest BCUT2D eigenvalue weighted by atomic mass is 16.5. The predicted molar refractivity (Wildman–Crippen MR) is 60.8 cm³/mol. The number of carbonyl (C=O) groups is 1. The standard InChI is InChI=1S/C12H17NO3/c1-4-12(3,15)8-16-11-6-5-9(2)13-10(11)7-14/h5-7,15H,4,8H2,1-3H3. The number of pyridine rings is 1. The fourth-order valence-electron chi connectivity index (χ4n) is 1.11. The summed E-state index contributed by atoms with van der Waals surface area (Å²) in [7, 11) is 0. The third-order valence-electron chi connectivity index (χ3n) is 2.44. The summed E-state index contributed by atoms with van der Waals surface area (Å²) in [6.45, 7) is 5.51. The zero-order valence-corrected chi connectivity index (χ0v) is 9.86. The van der Waals surface area contributed by atoms with Crippen molar-refractivity contribution in [3.05, 3.63) is 23.5 Å². The normalized spacial score (nSPS) is 14.2. The fraction of sp³-hybridized carbons (Fsp3) is 0.500. The molecular formula is C12H17NO3. The van der Waals surface area contributed by atoms with Crippen molar-refractivity contribution in [3.8, 4) is 5.75 Å². The van der Waals surface area contributed by atoms with Crippen LogP contribution in [0.25, 0.3) is 0 Å². The number of hydrogen-bond acceptors (Lipinski definition) is 4. The maximum absolute atomic E-state index is 10.8. The van der Waals surface area contributed by atoms with E-state index in [4.69, 9.17) is 4.74 Å². The first-order chi connectivity index (χ1) is 7.48. The largest absolute Gasteiger partial charge is 0.488 e. The third-order valence-corrected chi connectivity index (χ3v) is 2.44. The molecule has 0 bridgehead atoms. The Morgan fingerprint density at radius 2 is 2.25 bits per heavy atom. The Labute approximate surface area is 95.3 Å². The van der Waals surface area contributed by atoms with Gasteiger partial charge in [-0.25, -0.2) is 4.98 Å². The average Bonchev–Trinajstić information content (AvgIpc) is 2.27. The number of carbonyl (C=O) groups excluding carboxylic acids is 1. The Morgan fingerprint density at radius 3 is 2.81 bits per heavy atom. The molecule has 1 aromatic rings. The highest BCUT2D eigenvalue weighted by Gasteiger charge is 2.19. The average molecular weight is 223 g/mol. The minimum atomic E-state index is -0.884. The molecule has 1 N–H and O–H groups in total. The Bertz CT molecular complexity index is 375. The van der Waals surface area contributed by atoms with Crippen LogP contribution >= 0.6 is 0 Å². The van der Waals surface area contributed by atoms with Gasteiger partial charge in [-0.3, -0.25) is 4.79 Å². The van der Waals surface area contributed by atoms with Gasteiger partial charge in [-0.2, -0.15) is 0 Å². The van der Waals surface area contributed by atoms with Gasteiger partial charge in [-0.05, 0) is 32.4 Å². The molecule has 0 saturated carbocycles. The molecule has 1 unspecified atom stereocenters. The van der Waals surface area contributed by atoms with Crippen molar-refractivity contribution in [1.29, 1.82) is 0 Å². The fourth-order valence-corrected chi connectivity index (χ4v) is 1.11. The molecule has 0 aliphatic carbocycles. The minimum absolute atomic E-state index is 0.148. The van der Waals surface area contributed by atoms with Gasteiger partial charge in [0.15, 0.2) is 6.29 Å². The van der Waals surface area contributed by atoms with Gasteiger partial charge < -0.3 is 9.84 Å². The molecule has 0 aliphatic rings. The summed E-state index contributed by atoms with van der Waals surface area (Å²) < 4.78 is 5.39. The van der Waals surface area contributed by atoms with Gasteiger partial charge in [-0.1, -0.05) is 6.92 Å². The molecule has 16 heavy (non-hydrogen) atoms. The maximum atomic E-state index is 10.8. The summed E-state index contributed by atoms with van der Waals surface area (Å²) >= 11 is 0. The Morgan fingerprint density at radius 1 is 1.56 bits per heavy atom. The van der Waals surface area contributed by atoms with Gasteiger partial charge in [-0.15, -0.1) is 0 Å². The summed E-state index contributed by atoms with van der Waals surface area (Å²) in [5, 5.41) is 9.77. The van der Waals surface area contributed by atoms with Crippen molar-refractivity contribution in [3.63, 3.8) is 0 Å². The molecule has 0 aliphatic heterocycles. The number of hydrogen-bond donors (Lipinski definition) is 1. The van der Waals surface area contributed by atoms with Crippen molar-refractivity contribution in [2.24, 2.45) is 0 Å². The van der Waals surface area contributed by atoms with Crippen LogP contribution in [0.15, 0.2) is 12.1 Å². The highest BCUT2D eigenvalue weighted by Crippen LogP contribution is 2.18. The minimum Gasteiger partial charge on any atom is -0.488 e. The van der Waals surface area contributed by atoms with Crippen LogP contribution in [-0.2, 0) is 0 Å². The number of ether oxygens (including phenoxy) is 1. The smallest absolute Gasteiger partial charge is 0.172 e. The van der Waals surface area contributed by atoms with E-state index in [0.717, 1.165) is 5.69 Å². The van der Waals surface area contributed by atoms with Gasteiger partial charge in [0, 0.05) is 5.69 Å². The second-order valence-electron chi connectivity index (χ2n) is 4.09. The van der Waals surface area contributed by atoms with Crippen LogP contribution in [0.2, 0.25) is 0 Å². The molecule has 0 fully saturated rings. The van der Waals surface area contributed by atoms with Crippen LogP contribution in [-0.4, -0.2) is 28.6 Å².